The molecule has 2 aliphatic rings. The summed E-state index contributed by atoms with van der Waals surface area (Å²) in [6.07, 6.45) is 10.0. The van der Waals surface area contributed by atoms with Crippen LogP contribution in [-0.2, 0) is 0 Å². The molecule has 0 aromatic carbocycles. The lowest BCUT2D eigenvalue weighted by atomic mass is 9.93. The fraction of sp³-hybridized carbons (Fsp3) is 1.00. The Labute approximate surface area is 88.0 Å². The second kappa shape index (κ2) is 4.19. The molecule has 0 radical (unpaired) electrons. The fourth-order valence-electron chi connectivity index (χ4n) is 2.76. The maximum Gasteiger partial charge on any atom is 0.0410 e. The minimum atomic E-state index is 0.363. The van der Waals surface area contributed by atoms with E-state index in [9.17, 15) is 0 Å². The molecule has 0 atom stereocenters. The lowest BCUT2D eigenvalue weighted by molar-refractivity contribution is -0.0545. The van der Waals surface area contributed by atoms with Gasteiger partial charge in [-0.1, -0.05) is 32.1 Å². The van der Waals surface area contributed by atoms with Crippen molar-refractivity contribution < 1.29 is 0 Å². The van der Waals surface area contributed by atoms with E-state index in [1.165, 1.54) is 51.5 Å². The highest BCUT2D eigenvalue weighted by Crippen LogP contribution is 2.26. The lowest BCUT2D eigenvalue weighted by Gasteiger charge is -2.51. The predicted octanol–water partition coefficient (Wildman–Crippen LogP) is 2.70. The van der Waals surface area contributed by atoms with E-state index < -0.39 is 0 Å². The SMILES string of the molecule is CC1(C)CN(C2CCCCCCC2)N1. The summed E-state index contributed by atoms with van der Waals surface area (Å²) < 4.78 is 0. The van der Waals surface area contributed by atoms with E-state index in [1.807, 2.05) is 0 Å². The monoisotopic (exact) mass is 196 g/mol. The van der Waals surface area contributed by atoms with Gasteiger partial charge < -0.3 is 0 Å². The van der Waals surface area contributed by atoms with Crippen molar-refractivity contribution in [3.8, 4) is 0 Å². The Morgan fingerprint density at radius 3 is 2.00 bits per heavy atom. The highest BCUT2D eigenvalue weighted by molar-refractivity contribution is 4.92. The quantitative estimate of drug-likeness (QED) is 0.693. The van der Waals surface area contributed by atoms with Gasteiger partial charge in [0.2, 0.25) is 0 Å². The Morgan fingerprint density at radius 2 is 1.50 bits per heavy atom. The molecule has 1 N–H and O–H groups in total. The highest BCUT2D eigenvalue weighted by atomic mass is 15.6. The summed E-state index contributed by atoms with van der Waals surface area (Å²) in [6, 6.07) is 0.823. The zero-order valence-electron chi connectivity index (χ0n) is 9.68. The van der Waals surface area contributed by atoms with Crippen molar-refractivity contribution in [1.82, 2.24) is 10.4 Å². The predicted molar refractivity (Wildman–Crippen MR) is 60.0 cm³/mol. The normalized spacial score (nSPS) is 30.4. The molecule has 14 heavy (non-hydrogen) atoms. The first-order chi connectivity index (χ1) is 6.67. The zero-order chi connectivity index (χ0) is 10.0. The van der Waals surface area contributed by atoms with Crippen LogP contribution < -0.4 is 5.43 Å². The van der Waals surface area contributed by atoms with E-state index in [-0.39, 0.29) is 0 Å². The average molecular weight is 196 g/mol. The summed E-state index contributed by atoms with van der Waals surface area (Å²) >= 11 is 0. The first-order valence-electron chi connectivity index (χ1n) is 6.22. The number of nitrogens with one attached hydrogen (secondary N) is 1. The summed E-state index contributed by atoms with van der Waals surface area (Å²) in [4.78, 5) is 0. The zero-order valence-corrected chi connectivity index (χ0v) is 9.68. The summed E-state index contributed by atoms with van der Waals surface area (Å²) in [5.41, 5.74) is 3.93. The molecule has 0 unspecified atom stereocenters. The van der Waals surface area contributed by atoms with Crippen molar-refractivity contribution in [2.45, 2.75) is 70.4 Å². The van der Waals surface area contributed by atoms with Gasteiger partial charge in [0, 0.05) is 18.1 Å². The third-order valence-electron chi connectivity index (χ3n) is 3.53. The molecule has 0 spiro atoms. The Morgan fingerprint density at radius 1 is 1.00 bits per heavy atom. The molecule has 0 bridgehead atoms. The second-order valence-electron chi connectivity index (χ2n) is 5.62. The lowest BCUT2D eigenvalue weighted by Crippen LogP contribution is -2.71. The van der Waals surface area contributed by atoms with Crippen molar-refractivity contribution in [1.29, 1.82) is 0 Å². The number of hydrogen-bond donors (Lipinski definition) is 1. The largest absolute Gasteiger partial charge is 0.248 e. The minimum Gasteiger partial charge on any atom is -0.248 e. The first-order valence-corrected chi connectivity index (χ1v) is 6.22. The van der Waals surface area contributed by atoms with E-state index in [0.717, 1.165) is 6.04 Å². The molecule has 2 heteroatoms. The molecule has 1 saturated heterocycles. The van der Waals surface area contributed by atoms with Crippen LogP contribution in [0.2, 0.25) is 0 Å². The summed E-state index contributed by atoms with van der Waals surface area (Å²) in [5, 5.41) is 2.48. The standard InChI is InChI=1S/C12H24N2/c1-12(2)10-14(13-12)11-8-6-4-3-5-7-9-11/h11,13H,3-10H2,1-2H3. The van der Waals surface area contributed by atoms with Crippen LogP contribution in [-0.4, -0.2) is 23.1 Å². The van der Waals surface area contributed by atoms with Crippen molar-refractivity contribution in [3.05, 3.63) is 0 Å². The van der Waals surface area contributed by atoms with Gasteiger partial charge in [0.1, 0.15) is 0 Å². The maximum absolute atomic E-state index is 3.57. The Hall–Kier alpha value is -0.0800. The molecule has 0 aromatic heterocycles. The molecular formula is C12H24N2. The van der Waals surface area contributed by atoms with E-state index >= 15 is 0 Å². The molecule has 1 aliphatic heterocycles. The van der Waals surface area contributed by atoms with E-state index in [0.29, 0.717) is 5.54 Å². The average Bonchev–Trinajstić information content (AvgIpc) is 1.99. The molecule has 1 heterocycles. The molecule has 2 nitrogen and oxygen atoms in total. The third kappa shape index (κ3) is 2.48. The van der Waals surface area contributed by atoms with Gasteiger partial charge in [0.15, 0.2) is 0 Å². The molecule has 1 saturated carbocycles. The molecule has 0 amide bonds. The van der Waals surface area contributed by atoms with E-state index in [1.54, 1.807) is 0 Å². The Balaban J connectivity index is 1.78. The third-order valence-corrected chi connectivity index (χ3v) is 3.53. The van der Waals surface area contributed by atoms with E-state index in [2.05, 4.69) is 24.3 Å². The van der Waals surface area contributed by atoms with Crippen molar-refractivity contribution in [2.75, 3.05) is 6.54 Å². The van der Waals surface area contributed by atoms with Crippen LogP contribution in [0.4, 0.5) is 0 Å². The Bertz CT molecular complexity index is 173. The van der Waals surface area contributed by atoms with Gasteiger partial charge in [-0.2, -0.15) is 0 Å². The van der Waals surface area contributed by atoms with E-state index in [4.69, 9.17) is 0 Å². The molecular weight excluding hydrogens is 172 g/mol. The van der Waals surface area contributed by atoms with Crippen molar-refractivity contribution >= 4 is 0 Å². The minimum absolute atomic E-state index is 0.363. The topological polar surface area (TPSA) is 15.3 Å². The van der Waals surface area contributed by atoms with Crippen molar-refractivity contribution in [3.63, 3.8) is 0 Å². The summed E-state index contributed by atoms with van der Waals surface area (Å²) in [6.45, 7) is 5.80. The van der Waals surface area contributed by atoms with Gasteiger partial charge in [-0.25, -0.2) is 10.4 Å². The highest BCUT2D eigenvalue weighted by Gasteiger charge is 2.37. The summed E-state index contributed by atoms with van der Waals surface area (Å²) in [7, 11) is 0. The van der Waals surface area contributed by atoms with Crippen LogP contribution in [0.1, 0.15) is 58.8 Å². The molecule has 2 fully saturated rings. The molecule has 0 aromatic rings. The first kappa shape index (κ1) is 10.4. The number of hydrazine groups is 1. The number of nitrogens with zero attached hydrogens (tertiary/aromatic N) is 1. The molecule has 2 rings (SSSR count). The fourth-order valence-corrected chi connectivity index (χ4v) is 2.76. The van der Waals surface area contributed by atoms with Crippen LogP contribution >= 0.6 is 0 Å². The second-order valence-corrected chi connectivity index (χ2v) is 5.62. The number of hydrogen-bond acceptors (Lipinski definition) is 2. The molecule has 82 valence electrons. The number of rotatable bonds is 1. The van der Waals surface area contributed by atoms with Gasteiger partial charge in [-0.15, -0.1) is 0 Å². The van der Waals surface area contributed by atoms with Crippen LogP contribution in [0.5, 0.6) is 0 Å². The van der Waals surface area contributed by atoms with Gasteiger partial charge in [0.05, 0.1) is 0 Å². The van der Waals surface area contributed by atoms with Gasteiger partial charge in [0.25, 0.3) is 0 Å². The van der Waals surface area contributed by atoms with Crippen LogP contribution in [0.3, 0.4) is 0 Å². The van der Waals surface area contributed by atoms with Crippen molar-refractivity contribution in [2.24, 2.45) is 0 Å². The van der Waals surface area contributed by atoms with Crippen LogP contribution in [0.25, 0.3) is 0 Å². The van der Waals surface area contributed by atoms with Crippen LogP contribution in [0.15, 0.2) is 0 Å². The van der Waals surface area contributed by atoms with Gasteiger partial charge in [-0.05, 0) is 26.7 Å². The van der Waals surface area contributed by atoms with Gasteiger partial charge >= 0.3 is 0 Å². The summed E-state index contributed by atoms with van der Waals surface area (Å²) in [5.74, 6) is 0. The van der Waals surface area contributed by atoms with Crippen LogP contribution in [0, 0.1) is 0 Å². The Kier molecular flexibility index (Phi) is 3.13. The molecule has 1 aliphatic carbocycles. The van der Waals surface area contributed by atoms with Gasteiger partial charge in [-0.3, -0.25) is 0 Å². The smallest absolute Gasteiger partial charge is 0.0410 e. The maximum atomic E-state index is 3.57.